The number of hydrazone groups is 1. The molecule has 0 unspecified atom stereocenters. The molecule has 0 heterocycles. The van der Waals surface area contributed by atoms with Crippen LogP contribution in [0.25, 0.3) is 0 Å². The highest BCUT2D eigenvalue weighted by atomic mass is 35.5. The molecule has 0 aliphatic heterocycles. The fraction of sp³-hybridized carbons (Fsp3) is 0.118. The Bertz CT molecular complexity index is 866. The Morgan fingerprint density at radius 1 is 1.23 bits per heavy atom. The molecule has 0 atom stereocenters. The number of hydrogen-bond acceptors (Lipinski definition) is 5. The second-order valence-corrected chi connectivity index (χ2v) is 5.72. The lowest BCUT2D eigenvalue weighted by molar-refractivity contribution is -0.385. The maximum absolute atomic E-state index is 12.0. The van der Waals surface area contributed by atoms with Gasteiger partial charge in [-0.15, -0.1) is 0 Å². The summed E-state index contributed by atoms with van der Waals surface area (Å²) in [4.78, 5) is 34.0. The van der Waals surface area contributed by atoms with Gasteiger partial charge in [0.05, 0.1) is 17.7 Å². The number of amides is 2. The molecule has 0 aliphatic carbocycles. The molecule has 26 heavy (non-hydrogen) atoms. The van der Waals surface area contributed by atoms with Gasteiger partial charge in [-0.25, -0.2) is 5.43 Å². The molecule has 2 aromatic rings. The molecule has 2 amide bonds. The van der Waals surface area contributed by atoms with E-state index in [1.807, 2.05) is 0 Å². The summed E-state index contributed by atoms with van der Waals surface area (Å²) in [5.41, 5.74) is 3.39. The van der Waals surface area contributed by atoms with Crippen LogP contribution in [0.3, 0.4) is 0 Å². The van der Waals surface area contributed by atoms with Crippen molar-refractivity contribution in [2.24, 2.45) is 5.10 Å². The number of nitrogens with zero attached hydrogens (tertiary/aromatic N) is 2. The first-order valence-electron chi connectivity index (χ1n) is 7.47. The quantitative estimate of drug-likeness (QED) is 0.459. The minimum absolute atomic E-state index is 0.0970. The van der Waals surface area contributed by atoms with E-state index in [2.05, 4.69) is 15.8 Å². The fourth-order valence-corrected chi connectivity index (χ4v) is 2.10. The van der Waals surface area contributed by atoms with Crippen LogP contribution in [0, 0.1) is 17.0 Å². The minimum Gasteiger partial charge on any atom is -0.343 e. The molecule has 0 radical (unpaired) electrons. The average Bonchev–Trinajstić information content (AvgIpc) is 2.61. The molecule has 2 N–H and O–H groups in total. The SMILES string of the molecule is Cc1ccc(C(=O)NCC(=O)N/N=C\c2ccc(Cl)cc2)cc1[N+](=O)[O-]. The molecule has 8 nitrogen and oxygen atoms in total. The number of halogens is 1. The predicted molar refractivity (Wildman–Crippen MR) is 97.4 cm³/mol. The highest BCUT2D eigenvalue weighted by Gasteiger charge is 2.15. The summed E-state index contributed by atoms with van der Waals surface area (Å²) in [6.07, 6.45) is 1.43. The first-order chi connectivity index (χ1) is 12.4. The van der Waals surface area contributed by atoms with Gasteiger partial charge in [0.25, 0.3) is 17.5 Å². The number of hydrogen-bond donors (Lipinski definition) is 2. The van der Waals surface area contributed by atoms with Crippen molar-refractivity contribution in [3.05, 3.63) is 74.3 Å². The summed E-state index contributed by atoms with van der Waals surface area (Å²) in [6, 6.07) is 10.9. The van der Waals surface area contributed by atoms with Crippen LogP contribution in [-0.4, -0.2) is 29.5 Å². The van der Waals surface area contributed by atoms with E-state index in [0.29, 0.717) is 10.6 Å². The van der Waals surface area contributed by atoms with E-state index in [9.17, 15) is 19.7 Å². The van der Waals surface area contributed by atoms with E-state index in [1.165, 1.54) is 24.4 Å². The molecule has 0 saturated carbocycles. The summed E-state index contributed by atoms with van der Waals surface area (Å²) in [5, 5.41) is 17.6. The van der Waals surface area contributed by atoms with Crippen LogP contribution in [0.15, 0.2) is 47.6 Å². The normalized spacial score (nSPS) is 10.5. The molecule has 2 aromatic carbocycles. The van der Waals surface area contributed by atoms with Crippen molar-refractivity contribution >= 4 is 35.3 Å². The van der Waals surface area contributed by atoms with Crippen molar-refractivity contribution in [2.45, 2.75) is 6.92 Å². The summed E-state index contributed by atoms with van der Waals surface area (Å²) >= 11 is 5.76. The molecule has 0 bridgehead atoms. The lowest BCUT2D eigenvalue weighted by Crippen LogP contribution is -2.34. The Hall–Kier alpha value is -3.26. The smallest absolute Gasteiger partial charge is 0.273 e. The van der Waals surface area contributed by atoms with Gasteiger partial charge in [-0.2, -0.15) is 5.10 Å². The zero-order valence-electron chi connectivity index (χ0n) is 13.7. The van der Waals surface area contributed by atoms with Gasteiger partial charge in [-0.3, -0.25) is 19.7 Å². The first kappa shape index (κ1) is 19.1. The third-order valence-electron chi connectivity index (χ3n) is 3.35. The van der Waals surface area contributed by atoms with Crippen molar-refractivity contribution in [1.82, 2.24) is 10.7 Å². The number of nitro benzene ring substituents is 1. The monoisotopic (exact) mass is 374 g/mol. The molecule has 0 saturated heterocycles. The number of carbonyl (C=O) groups excluding carboxylic acids is 2. The van der Waals surface area contributed by atoms with Crippen LogP contribution in [-0.2, 0) is 4.79 Å². The van der Waals surface area contributed by atoms with Crippen molar-refractivity contribution in [3.8, 4) is 0 Å². The van der Waals surface area contributed by atoms with Gasteiger partial charge in [0.15, 0.2) is 0 Å². The van der Waals surface area contributed by atoms with Gasteiger partial charge in [0.1, 0.15) is 0 Å². The third kappa shape index (κ3) is 5.38. The Labute approximate surface area is 154 Å². The molecule has 0 aromatic heterocycles. The van der Waals surface area contributed by atoms with Crippen LogP contribution in [0.2, 0.25) is 5.02 Å². The molecule has 2 rings (SSSR count). The van der Waals surface area contributed by atoms with Gasteiger partial charge in [-0.05, 0) is 30.7 Å². The standard InChI is InChI=1S/C17H15ClN4O4/c1-11-2-5-13(8-15(11)22(25)26)17(24)19-10-16(23)21-20-9-12-3-6-14(18)7-4-12/h2-9H,10H2,1H3,(H,19,24)(H,21,23)/b20-9-. The van der Waals surface area contributed by atoms with E-state index in [1.54, 1.807) is 31.2 Å². The summed E-state index contributed by atoms with van der Waals surface area (Å²) in [6.45, 7) is 1.25. The maximum Gasteiger partial charge on any atom is 0.273 e. The fourth-order valence-electron chi connectivity index (χ4n) is 1.98. The third-order valence-corrected chi connectivity index (χ3v) is 3.60. The van der Waals surface area contributed by atoms with Crippen molar-refractivity contribution in [1.29, 1.82) is 0 Å². The first-order valence-corrected chi connectivity index (χ1v) is 7.85. The van der Waals surface area contributed by atoms with Gasteiger partial charge in [0.2, 0.25) is 0 Å². The van der Waals surface area contributed by atoms with Crippen LogP contribution in [0.5, 0.6) is 0 Å². The van der Waals surface area contributed by atoms with Gasteiger partial charge < -0.3 is 5.32 Å². The van der Waals surface area contributed by atoms with E-state index >= 15 is 0 Å². The van der Waals surface area contributed by atoms with E-state index < -0.39 is 16.7 Å². The Morgan fingerprint density at radius 3 is 2.58 bits per heavy atom. The summed E-state index contributed by atoms with van der Waals surface area (Å²) < 4.78 is 0. The van der Waals surface area contributed by atoms with E-state index in [4.69, 9.17) is 11.6 Å². The highest BCUT2D eigenvalue weighted by molar-refractivity contribution is 6.30. The van der Waals surface area contributed by atoms with E-state index in [-0.39, 0.29) is 17.8 Å². The van der Waals surface area contributed by atoms with Gasteiger partial charge in [-0.1, -0.05) is 29.8 Å². The number of nitrogens with one attached hydrogen (secondary N) is 2. The molecule has 0 spiro atoms. The van der Waals surface area contributed by atoms with Crippen molar-refractivity contribution < 1.29 is 14.5 Å². The van der Waals surface area contributed by atoms with Crippen LogP contribution in [0.1, 0.15) is 21.5 Å². The van der Waals surface area contributed by atoms with Gasteiger partial charge >= 0.3 is 0 Å². The highest BCUT2D eigenvalue weighted by Crippen LogP contribution is 2.19. The molecule has 0 fully saturated rings. The van der Waals surface area contributed by atoms with Crippen molar-refractivity contribution in [2.75, 3.05) is 6.54 Å². The van der Waals surface area contributed by atoms with Crippen LogP contribution >= 0.6 is 11.6 Å². The second kappa shape index (κ2) is 8.72. The van der Waals surface area contributed by atoms with Crippen molar-refractivity contribution in [3.63, 3.8) is 0 Å². The molecular weight excluding hydrogens is 360 g/mol. The lowest BCUT2D eigenvalue weighted by atomic mass is 10.1. The number of rotatable bonds is 6. The lowest BCUT2D eigenvalue weighted by Gasteiger charge is -2.05. The number of benzene rings is 2. The maximum atomic E-state index is 12.0. The predicted octanol–water partition coefficient (Wildman–Crippen LogP) is 2.44. The summed E-state index contributed by atoms with van der Waals surface area (Å²) in [5.74, 6) is -1.13. The second-order valence-electron chi connectivity index (χ2n) is 5.29. The number of nitro groups is 1. The zero-order chi connectivity index (χ0) is 19.1. The zero-order valence-corrected chi connectivity index (χ0v) is 14.5. The number of aryl methyl sites for hydroxylation is 1. The molecule has 134 valence electrons. The Morgan fingerprint density at radius 2 is 1.92 bits per heavy atom. The Balaban J connectivity index is 1.87. The summed E-state index contributed by atoms with van der Waals surface area (Å²) in [7, 11) is 0. The topological polar surface area (TPSA) is 114 Å². The van der Waals surface area contributed by atoms with Gasteiger partial charge in [0, 0.05) is 22.2 Å². The van der Waals surface area contributed by atoms with Crippen LogP contribution in [0.4, 0.5) is 5.69 Å². The largest absolute Gasteiger partial charge is 0.343 e. The molecular formula is C17H15ClN4O4. The molecule has 0 aliphatic rings. The molecule has 9 heteroatoms. The Kier molecular flexibility index (Phi) is 6.40. The van der Waals surface area contributed by atoms with Crippen LogP contribution < -0.4 is 10.7 Å². The minimum atomic E-state index is -0.593. The average molecular weight is 375 g/mol. The number of carbonyl (C=O) groups is 2. The van der Waals surface area contributed by atoms with E-state index in [0.717, 1.165) is 5.56 Å².